The summed E-state index contributed by atoms with van der Waals surface area (Å²) in [4.78, 5) is 93.3. The minimum Gasteiger partial charge on any atom is -0.478 e. The summed E-state index contributed by atoms with van der Waals surface area (Å²) in [5, 5.41) is 34.7. The normalized spacial score (nSPS) is 20.1. The number of methoxy groups -OCH3 is 3. The van der Waals surface area contributed by atoms with Crippen molar-refractivity contribution >= 4 is 138 Å². The average Bonchev–Trinajstić information content (AvgIpc) is 1.69. The molecule has 3 aromatic heterocycles. The van der Waals surface area contributed by atoms with Crippen LogP contribution in [0.5, 0.6) is 0 Å². The predicted octanol–water partition coefficient (Wildman–Crippen LogP) is 20.5. The number of thiazole rings is 3. The standard InChI is InChI=1S/C23H23N3OS.C18H21NO3S.C18H19NO2S.C17H17NO2S.C12H13NO2S.C6H9ClO.C6H8N2.CH4O.CH4/c24-17-5-1-2-6-18(17)25-21(27)15-9-11-16(12-10-15)23(13-14-23)22-26-19-7-3-4-8-20(19)28-22;1-22-15(20)12-5-7-13(8-6-12)17(10-11-17)16-19-18(21)9-3-2-4-14(18)23-16;1-21-16(20)12-6-8-13(9-7-12)18(10-11-18)17-19-14-4-2-3-5-15(14)22-17;19-15(20)11-5-7-12(8-6-11)17(9-10-17)16-18-13-3-1-2-4-14(13)21-16;1-15-10(14)8-2-4-9(5-3-8)12(6-7-12)11(13)16;2*7-5-3-1-2-4-6(5)8;1-2;/h1-2,5-6,9-12H,3-4,7-8,13-14,24H2,(H,25,27);5-8,14,21H,2-4,9-11H2,1H3;6-9H,2-5,10-11H2,1H3;5-8H,1-4,9-10H2,(H,19,20);2-5H,6-7H2,1H3,(H2,13,16);5H,1-4H2;1-4H,7-8H2;2H,1H3;1H4. The molecule has 0 spiro atoms. The number of aliphatic imine (C=N–C) groups is 1. The number of nitrogen functional groups attached to an aromatic ring is 3. The maximum atomic E-state index is 12.6. The van der Waals surface area contributed by atoms with Gasteiger partial charge in [-0.2, -0.15) is 0 Å². The lowest BCUT2D eigenvalue weighted by Crippen LogP contribution is -2.38. The van der Waals surface area contributed by atoms with Crippen molar-refractivity contribution < 1.29 is 58.3 Å². The molecule has 1 aliphatic heterocycles. The van der Waals surface area contributed by atoms with E-state index >= 15 is 0 Å². The van der Waals surface area contributed by atoms with Gasteiger partial charge < -0.3 is 57.8 Å². The molecule has 10 aliphatic carbocycles. The van der Waals surface area contributed by atoms with Crippen LogP contribution in [0.25, 0.3) is 0 Å². The maximum absolute atomic E-state index is 12.6. The number of nitrogens with zero attached hydrogens (tertiary/aromatic N) is 4. The summed E-state index contributed by atoms with van der Waals surface area (Å²) in [5.74, 6) is -1.69. The van der Waals surface area contributed by atoms with Crippen LogP contribution in [-0.4, -0.2) is 121 Å². The predicted molar refractivity (Wildman–Crippen MR) is 522 cm³/mol. The number of carbonyl (C=O) groups is 6. The molecule has 11 aliphatic rings. The highest BCUT2D eigenvalue weighted by atomic mass is 35.5. The number of nitrogens with one attached hydrogen (secondary N) is 1. The van der Waals surface area contributed by atoms with E-state index in [4.69, 9.17) is 86.4 Å². The number of para-hydroxylation sites is 4. The SMILES string of the molecule is C.CO.COC(=O)c1ccc(C2(C(N)=S)CC2)cc1.COC(=O)c1ccc(C2(C3=NC4(O)CCCCC4S3)CC2)cc1.COC(=O)c1ccc(C2(c3nc4c(s3)CCCC4)CC2)cc1.Nc1ccccc1N.Nc1ccccc1NC(=O)c1ccc(C2(c3nc4c(s3)CCCC4)CC2)cc1.O=C(O)c1ccc(C2(c3nc4c(s3)CCCC4)CC2)cc1.O=C1CCCCC1Cl. The van der Waals surface area contributed by atoms with Crippen molar-refractivity contribution in [2.24, 2.45) is 10.7 Å². The molecule has 27 heteroatoms. The Labute approximate surface area is 782 Å². The summed E-state index contributed by atoms with van der Waals surface area (Å²) < 4.78 is 14.2. The van der Waals surface area contributed by atoms with Crippen LogP contribution in [0.15, 0.2) is 175 Å². The van der Waals surface area contributed by atoms with Gasteiger partial charge in [0.05, 0.1) is 104 Å². The summed E-state index contributed by atoms with van der Waals surface area (Å²) in [6.45, 7) is 0. The molecule has 0 saturated heterocycles. The molecule has 680 valence electrons. The molecule has 7 aromatic carbocycles. The Kier molecular flexibility index (Phi) is 31.8. The number of nitrogens with two attached hydrogens (primary N) is 4. The number of alkyl halides is 1. The van der Waals surface area contributed by atoms with E-state index < -0.39 is 11.7 Å². The smallest absolute Gasteiger partial charge is 0.337 e. The third-order valence-corrected chi connectivity index (χ3v) is 32.9. The van der Waals surface area contributed by atoms with Gasteiger partial charge in [-0.05, 0) is 286 Å². The summed E-state index contributed by atoms with van der Waals surface area (Å²) in [7, 11) is 5.18. The van der Waals surface area contributed by atoms with Gasteiger partial charge in [0, 0.05) is 60.8 Å². The van der Waals surface area contributed by atoms with Gasteiger partial charge in [0.15, 0.2) is 11.5 Å². The van der Waals surface area contributed by atoms with E-state index in [1.165, 1.54) is 155 Å². The summed E-state index contributed by atoms with van der Waals surface area (Å²) in [5.41, 5.74) is 36.9. The fraction of sp³-hybridized carbons (Fsp3) is 0.422. The molecule has 1 amide bonds. The Hall–Kier alpha value is -10.0. The van der Waals surface area contributed by atoms with Crippen LogP contribution >= 0.6 is 69.6 Å². The number of aliphatic hydroxyl groups is 2. The van der Waals surface area contributed by atoms with Gasteiger partial charge >= 0.3 is 23.9 Å². The molecule has 4 heterocycles. The quantitative estimate of drug-likeness (QED) is 0.0146. The number of aromatic carboxylic acids is 1. The molecule has 21 nitrogen and oxygen atoms in total. The number of hydrogen-bond acceptors (Lipinski definition) is 23. The molecular weight excluding hydrogens is 1740 g/mol. The molecule has 0 bridgehead atoms. The van der Waals surface area contributed by atoms with E-state index in [2.05, 4.69) is 34.3 Å². The van der Waals surface area contributed by atoms with E-state index in [1.807, 2.05) is 137 Å². The van der Waals surface area contributed by atoms with Crippen molar-refractivity contribution in [2.75, 3.05) is 51.0 Å². The van der Waals surface area contributed by atoms with Gasteiger partial charge in [0.2, 0.25) is 0 Å². The van der Waals surface area contributed by atoms with Crippen LogP contribution in [0.4, 0.5) is 22.7 Å². The summed E-state index contributed by atoms with van der Waals surface area (Å²) >= 11 is 18.2. The largest absolute Gasteiger partial charge is 0.478 e. The van der Waals surface area contributed by atoms with Crippen molar-refractivity contribution in [1.82, 2.24) is 15.0 Å². The third kappa shape index (κ3) is 22.1. The Bertz CT molecular complexity index is 5570. The highest BCUT2D eigenvalue weighted by molar-refractivity contribution is 8.15. The number of thioether (sulfide) groups is 1. The molecule has 21 rings (SSSR count). The van der Waals surface area contributed by atoms with Crippen molar-refractivity contribution in [3.63, 3.8) is 0 Å². The first-order valence-electron chi connectivity index (χ1n) is 44.5. The number of anilines is 4. The van der Waals surface area contributed by atoms with Crippen molar-refractivity contribution in [3.05, 3.63) is 272 Å². The number of carboxylic acid groups (broad SMARTS) is 1. The minimum absolute atomic E-state index is 0. The molecule has 0 radical (unpaired) electrons. The topological polar surface area (TPSA) is 358 Å². The number of ketones is 1. The molecule has 7 fully saturated rings. The Morgan fingerprint density at radius 3 is 1.12 bits per heavy atom. The van der Waals surface area contributed by atoms with Crippen LogP contribution in [0, 0.1) is 0 Å². The average molecular weight is 1860 g/mol. The second-order valence-corrected chi connectivity index (χ2v) is 40.1. The first-order valence-corrected chi connectivity index (χ1v) is 48.7. The lowest BCUT2D eigenvalue weighted by Gasteiger charge is -2.30. The third-order valence-electron chi connectivity index (χ3n) is 26.4. The lowest BCUT2D eigenvalue weighted by atomic mass is 9.91. The zero-order chi connectivity index (χ0) is 90.6. The van der Waals surface area contributed by atoms with Crippen LogP contribution in [0.3, 0.4) is 0 Å². The van der Waals surface area contributed by atoms with Gasteiger partial charge in [0.1, 0.15) is 15.0 Å². The fourth-order valence-electron chi connectivity index (χ4n) is 17.7. The number of aromatic nitrogens is 3. The second-order valence-electron chi connectivity index (χ2n) is 34.7. The molecular formula is C102H118ClN9O12S5. The number of amides is 1. The van der Waals surface area contributed by atoms with Gasteiger partial charge in [-0.25, -0.2) is 39.1 Å². The van der Waals surface area contributed by atoms with Crippen LogP contribution in [0.2, 0.25) is 0 Å². The minimum atomic E-state index is -0.865. The number of thiocarbonyl (C=S) groups is 1. The molecule has 12 N–H and O–H groups in total. The van der Waals surface area contributed by atoms with Gasteiger partial charge in [-0.3, -0.25) is 9.59 Å². The van der Waals surface area contributed by atoms with Crippen molar-refractivity contribution in [1.29, 1.82) is 0 Å². The Morgan fingerprint density at radius 2 is 0.791 bits per heavy atom. The number of ether oxygens (including phenoxy) is 3. The number of carboxylic acids is 1. The Morgan fingerprint density at radius 1 is 0.442 bits per heavy atom. The van der Waals surface area contributed by atoms with Crippen LogP contribution < -0.4 is 28.3 Å². The van der Waals surface area contributed by atoms with E-state index in [-0.39, 0.29) is 74.7 Å². The first kappa shape index (κ1) is 96.5. The number of halogens is 1. The molecule has 10 aromatic rings. The van der Waals surface area contributed by atoms with E-state index in [0.717, 1.165) is 140 Å². The number of aryl methyl sites for hydroxylation is 6. The van der Waals surface area contributed by atoms with E-state index in [0.29, 0.717) is 62.0 Å². The zero-order valence-corrected chi connectivity index (χ0v) is 77.9. The van der Waals surface area contributed by atoms with Gasteiger partial charge in [0.25, 0.3) is 5.91 Å². The first-order chi connectivity index (χ1) is 61.8. The zero-order valence-electron chi connectivity index (χ0n) is 73.1. The van der Waals surface area contributed by atoms with E-state index in [1.54, 1.807) is 54.2 Å². The number of fused-ring (bicyclic) bond motifs is 4. The second kappa shape index (κ2) is 42.5. The number of Topliss-reactive ketones (excluding diaryl/α,β-unsaturated/α-hetero) is 1. The van der Waals surface area contributed by atoms with Gasteiger partial charge in [-0.1, -0.05) is 117 Å². The van der Waals surface area contributed by atoms with Gasteiger partial charge in [-0.15, -0.1) is 57.4 Å². The Balaban J connectivity index is 0.000000132. The fourth-order valence-corrected chi connectivity index (χ4v) is 24.2. The lowest BCUT2D eigenvalue weighted by molar-refractivity contribution is -0.119. The number of aliphatic hydroxyl groups excluding tert-OH is 1. The highest BCUT2D eigenvalue weighted by Crippen LogP contribution is 2.60. The summed E-state index contributed by atoms with van der Waals surface area (Å²) in [6.07, 6.45) is 33.5. The molecule has 3 atom stereocenters. The van der Waals surface area contributed by atoms with Crippen LogP contribution in [0.1, 0.15) is 288 Å². The molecule has 3 unspecified atom stereocenters. The monoisotopic (exact) mass is 1860 g/mol. The van der Waals surface area contributed by atoms with Crippen molar-refractivity contribution in [2.45, 2.75) is 243 Å². The maximum Gasteiger partial charge on any atom is 0.337 e. The number of esters is 3. The van der Waals surface area contributed by atoms with E-state index in [9.17, 15) is 33.9 Å². The summed E-state index contributed by atoms with van der Waals surface area (Å²) in [6, 6.07) is 52.8. The number of hydrogen-bond donors (Lipinski definition) is 8. The number of rotatable bonds is 16. The van der Waals surface area contributed by atoms with Crippen molar-refractivity contribution in [3.8, 4) is 0 Å². The van der Waals surface area contributed by atoms with Crippen LogP contribution in [-0.2, 0) is 84.6 Å². The highest BCUT2D eigenvalue weighted by Gasteiger charge is 2.57. The molecule has 129 heavy (non-hydrogen) atoms. The number of benzene rings is 7. The number of carbonyl (C=O) groups excluding carboxylic acids is 5. The molecule has 7 saturated carbocycles.